The van der Waals surface area contributed by atoms with Crippen LogP contribution in [0.2, 0.25) is 0 Å². The molecule has 1 amide bonds. The molecule has 0 aliphatic heterocycles. The van der Waals surface area contributed by atoms with Crippen molar-refractivity contribution in [2.24, 2.45) is 0 Å². The highest BCUT2D eigenvalue weighted by Gasteiger charge is 2.08. The summed E-state index contributed by atoms with van der Waals surface area (Å²) in [5.74, 6) is -0.0430. The van der Waals surface area contributed by atoms with Gasteiger partial charge in [-0.3, -0.25) is 20.6 Å². The number of hydrogen-bond donors (Lipinski definition) is 4. The summed E-state index contributed by atoms with van der Waals surface area (Å²) in [6, 6.07) is 5.00. The van der Waals surface area contributed by atoms with E-state index in [-0.39, 0.29) is 23.0 Å². The Morgan fingerprint density at radius 3 is 2.72 bits per heavy atom. The molecule has 2 heterocycles. The molecule has 0 saturated heterocycles. The molecule has 8 nitrogen and oxygen atoms in total. The second kappa shape index (κ2) is 4.95. The number of anilines is 3. The zero-order valence-electron chi connectivity index (χ0n) is 9.29. The van der Waals surface area contributed by atoms with Crippen LogP contribution < -0.4 is 22.3 Å². The van der Waals surface area contributed by atoms with Gasteiger partial charge in [0.1, 0.15) is 17.7 Å². The number of pyridine rings is 1. The topological polar surface area (TPSA) is 132 Å². The zero-order valence-corrected chi connectivity index (χ0v) is 9.29. The van der Waals surface area contributed by atoms with E-state index in [1.165, 1.54) is 12.5 Å². The van der Waals surface area contributed by atoms with E-state index < -0.39 is 5.91 Å². The van der Waals surface area contributed by atoms with Gasteiger partial charge in [-0.1, -0.05) is 6.07 Å². The van der Waals surface area contributed by atoms with Gasteiger partial charge in [-0.15, -0.1) is 0 Å². The van der Waals surface area contributed by atoms with Crippen LogP contribution in [0.4, 0.5) is 17.3 Å². The summed E-state index contributed by atoms with van der Waals surface area (Å²) in [5.41, 5.74) is 16.5. The lowest BCUT2D eigenvalue weighted by atomic mass is 10.3. The number of amides is 1. The Balaban J connectivity index is 2.04. The Bertz CT molecular complexity index is 557. The first-order chi connectivity index (χ1) is 8.68. The van der Waals surface area contributed by atoms with Crippen LogP contribution in [0.5, 0.6) is 0 Å². The third-order valence-corrected chi connectivity index (χ3v) is 2.11. The molecule has 8 heteroatoms. The van der Waals surface area contributed by atoms with E-state index in [9.17, 15) is 4.79 Å². The molecule has 0 radical (unpaired) electrons. The number of nitrogens with one attached hydrogen (secondary N) is 2. The SMILES string of the molecule is Nc1ncnc(NNC(=O)c2ccccn2)c1N. The first kappa shape index (κ1) is 11.6. The number of nitrogen functional groups attached to an aromatic ring is 2. The van der Waals surface area contributed by atoms with Crippen molar-refractivity contribution in [3.63, 3.8) is 0 Å². The van der Waals surface area contributed by atoms with E-state index in [2.05, 4.69) is 25.8 Å². The summed E-state index contributed by atoms with van der Waals surface area (Å²) < 4.78 is 0. The molecule has 2 rings (SSSR count). The molecule has 0 aliphatic carbocycles. The van der Waals surface area contributed by atoms with E-state index in [4.69, 9.17) is 11.5 Å². The molecule has 0 spiro atoms. The Hall–Kier alpha value is -2.90. The Labute approximate surface area is 102 Å². The molecule has 0 bridgehead atoms. The lowest BCUT2D eigenvalue weighted by Crippen LogP contribution is -2.31. The monoisotopic (exact) mass is 245 g/mol. The minimum atomic E-state index is -0.410. The average Bonchev–Trinajstić information content (AvgIpc) is 2.41. The van der Waals surface area contributed by atoms with Crippen LogP contribution in [0.25, 0.3) is 0 Å². The number of carbonyl (C=O) groups excluding carboxylic acids is 1. The maximum atomic E-state index is 11.7. The molecule has 0 unspecified atom stereocenters. The van der Waals surface area contributed by atoms with E-state index in [0.29, 0.717) is 0 Å². The quantitative estimate of drug-likeness (QED) is 0.550. The molecule has 0 saturated carbocycles. The van der Waals surface area contributed by atoms with E-state index in [0.717, 1.165) is 0 Å². The molecule has 0 aromatic carbocycles. The van der Waals surface area contributed by atoms with Crippen LogP contribution >= 0.6 is 0 Å². The van der Waals surface area contributed by atoms with Gasteiger partial charge in [-0.05, 0) is 12.1 Å². The van der Waals surface area contributed by atoms with Crippen molar-refractivity contribution in [1.29, 1.82) is 0 Å². The maximum absolute atomic E-state index is 11.7. The fourth-order valence-electron chi connectivity index (χ4n) is 1.19. The van der Waals surface area contributed by atoms with Crippen LogP contribution in [-0.4, -0.2) is 20.9 Å². The van der Waals surface area contributed by atoms with Gasteiger partial charge in [0.15, 0.2) is 11.6 Å². The summed E-state index contributed by atoms with van der Waals surface area (Å²) in [6.45, 7) is 0. The summed E-state index contributed by atoms with van der Waals surface area (Å²) >= 11 is 0. The van der Waals surface area contributed by atoms with Gasteiger partial charge >= 0.3 is 0 Å². The number of aromatic nitrogens is 3. The van der Waals surface area contributed by atoms with E-state index in [1.54, 1.807) is 18.2 Å². The average molecular weight is 245 g/mol. The third-order valence-electron chi connectivity index (χ3n) is 2.11. The van der Waals surface area contributed by atoms with Gasteiger partial charge in [0, 0.05) is 6.20 Å². The Morgan fingerprint density at radius 1 is 1.17 bits per heavy atom. The van der Waals surface area contributed by atoms with Gasteiger partial charge < -0.3 is 11.5 Å². The van der Waals surface area contributed by atoms with E-state index in [1.807, 2.05) is 0 Å². The zero-order chi connectivity index (χ0) is 13.0. The van der Waals surface area contributed by atoms with E-state index >= 15 is 0 Å². The summed E-state index contributed by atoms with van der Waals surface area (Å²) in [5, 5.41) is 0. The van der Waals surface area contributed by atoms with Crippen LogP contribution in [0, 0.1) is 0 Å². The van der Waals surface area contributed by atoms with Crippen LogP contribution in [0.3, 0.4) is 0 Å². The molecule has 18 heavy (non-hydrogen) atoms. The highest BCUT2D eigenvalue weighted by molar-refractivity contribution is 5.93. The molecule has 2 aromatic rings. The maximum Gasteiger partial charge on any atom is 0.288 e. The van der Waals surface area contributed by atoms with Crippen LogP contribution in [0.15, 0.2) is 30.7 Å². The van der Waals surface area contributed by atoms with Crippen molar-refractivity contribution in [3.8, 4) is 0 Å². The van der Waals surface area contributed by atoms with Gasteiger partial charge in [0.2, 0.25) is 0 Å². The summed E-state index contributed by atoms with van der Waals surface area (Å²) in [7, 11) is 0. The molecular formula is C10H11N7O. The largest absolute Gasteiger partial charge is 0.393 e. The van der Waals surface area contributed by atoms with Gasteiger partial charge in [0.25, 0.3) is 5.91 Å². The van der Waals surface area contributed by atoms with Crippen molar-refractivity contribution < 1.29 is 4.79 Å². The lowest BCUT2D eigenvalue weighted by molar-refractivity contribution is 0.0957. The molecule has 0 atom stereocenters. The second-order valence-corrected chi connectivity index (χ2v) is 3.32. The second-order valence-electron chi connectivity index (χ2n) is 3.32. The van der Waals surface area contributed by atoms with Crippen molar-refractivity contribution in [2.75, 3.05) is 16.9 Å². The normalized spacial score (nSPS) is 9.78. The predicted molar refractivity (Wildman–Crippen MR) is 66.2 cm³/mol. The summed E-state index contributed by atoms with van der Waals surface area (Å²) in [4.78, 5) is 23.1. The van der Waals surface area contributed by atoms with Crippen molar-refractivity contribution in [3.05, 3.63) is 36.4 Å². The number of hydrogen-bond acceptors (Lipinski definition) is 7. The fourth-order valence-corrected chi connectivity index (χ4v) is 1.19. The molecule has 6 N–H and O–H groups in total. The third kappa shape index (κ3) is 2.43. The van der Waals surface area contributed by atoms with Crippen LogP contribution in [0.1, 0.15) is 10.5 Å². The molecule has 0 aliphatic rings. The lowest BCUT2D eigenvalue weighted by Gasteiger charge is -2.09. The number of nitrogens with zero attached hydrogens (tertiary/aromatic N) is 3. The number of hydrazine groups is 1. The minimum absolute atomic E-state index is 0.139. The van der Waals surface area contributed by atoms with Gasteiger partial charge in [-0.25, -0.2) is 9.97 Å². The van der Waals surface area contributed by atoms with Crippen molar-refractivity contribution >= 4 is 23.2 Å². The molecule has 92 valence electrons. The van der Waals surface area contributed by atoms with Crippen LogP contribution in [-0.2, 0) is 0 Å². The molecular weight excluding hydrogens is 234 g/mol. The molecule has 0 fully saturated rings. The number of rotatable bonds is 3. The fraction of sp³-hybridized carbons (Fsp3) is 0. The smallest absolute Gasteiger partial charge is 0.288 e. The minimum Gasteiger partial charge on any atom is -0.393 e. The first-order valence-corrected chi connectivity index (χ1v) is 5.02. The van der Waals surface area contributed by atoms with Gasteiger partial charge in [-0.2, -0.15) is 0 Å². The first-order valence-electron chi connectivity index (χ1n) is 5.02. The Morgan fingerprint density at radius 2 is 2.00 bits per heavy atom. The summed E-state index contributed by atoms with van der Waals surface area (Å²) in [6.07, 6.45) is 2.76. The number of carbonyl (C=O) groups is 1. The van der Waals surface area contributed by atoms with Gasteiger partial charge in [0.05, 0.1) is 0 Å². The predicted octanol–water partition coefficient (Wildman–Crippen LogP) is -0.207. The Kier molecular flexibility index (Phi) is 3.19. The molecule has 2 aromatic heterocycles. The highest BCUT2D eigenvalue weighted by Crippen LogP contribution is 2.17. The standard InChI is InChI=1S/C10H11N7O/c11-7-8(12)14-5-15-9(7)16-17-10(18)6-3-1-2-4-13-6/h1-5H,11H2,(H,17,18)(H3,12,14,15,16). The van der Waals surface area contributed by atoms with Crippen molar-refractivity contribution in [1.82, 2.24) is 20.4 Å². The number of nitrogens with two attached hydrogens (primary N) is 2. The highest BCUT2D eigenvalue weighted by atomic mass is 16.2. The van der Waals surface area contributed by atoms with Crippen molar-refractivity contribution in [2.45, 2.75) is 0 Å².